The van der Waals surface area contributed by atoms with E-state index in [1.54, 1.807) is 0 Å². The van der Waals surface area contributed by atoms with Crippen molar-refractivity contribution in [3.63, 3.8) is 0 Å². The second-order valence-corrected chi connectivity index (χ2v) is 11.0. The molecule has 14 nitrogen and oxygen atoms in total. The van der Waals surface area contributed by atoms with E-state index in [4.69, 9.17) is 42.9 Å². The number of anilines is 1. The van der Waals surface area contributed by atoms with E-state index in [9.17, 15) is 50.5 Å². The Kier molecular flexibility index (Phi) is 17.0. The molecule has 0 aliphatic heterocycles. The van der Waals surface area contributed by atoms with Gasteiger partial charge in [-0.3, -0.25) is 14.6 Å². The molecule has 4 atom stereocenters. The molecular weight excluding hydrogens is 729 g/mol. The molecule has 1 aliphatic rings. The third-order valence-electron chi connectivity index (χ3n) is 6.87. The van der Waals surface area contributed by atoms with E-state index in [1.165, 1.54) is 12.1 Å². The first-order chi connectivity index (χ1) is 23.5. The number of nitrogens with two attached hydrogens (primary N) is 2. The van der Waals surface area contributed by atoms with Gasteiger partial charge in [-0.2, -0.15) is 26.3 Å². The van der Waals surface area contributed by atoms with Crippen molar-refractivity contribution >= 4 is 47.0 Å². The number of halogens is 8. The van der Waals surface area contributed by atoms with Gasteiger partial charge in [-0.1, -0.05) is 29.8 Å². The van der Waals surface area contributed by atoms with Crippen molar-refractivity contribution in [2.75, 3.05) is 25.5 Å². The molecule has 0 saturated carbocycles. The van der Waals surface area contributed by atoms with Gasteiger partial charge in [-0.15, -0.1) is 0 Å². The largest absolute Gasteiger partial charge is 0.490 e. The number of hydrogen-bond acceptors (Lipinski definition) is 8. The summed E-state index contributed by atoms with van der Waals surface area (Å²) < 4.78 is 77.2. The Hall–Kier alpha value is -4.73. The number of aliphatic hydroxyl groups excluding tert-OH is 2. The molecule has 22 heteroatoms. The van der Waals surface area contributed by atoms with Crippen LogP contribution in [-0.4, -0.2) is 88.8 Å². The number of guanidine groups is 1. The average Bonchev–Trinajstić information content (AvgIpc) is 3.31. The highest BCUT2D eigenvalue weighted by atomic mass is 35.5. The Bertz CT molecular complexity index is 1530. The number of alkyl halides is 6. The van der Waals surface area contributed by atoms with Crippen molar-refractivity contribution in [3.8, 4) is 0 Å². The first-order valence-corrected chi connectivity index (χ1v) is 14.7. The number of hydrogen-bond donors (Lipinski definition) is 9. The van der Waals surface area contributed by atoms with Gasteiger partial charge in [0.2, 0.25) is 0 Å². The zero-order chi connectivity index (χ0) is 39.3. The van der Waals surface area contributed by atoms with Gasteiger partial charge in [-0.05, 0) is 60.7 Å². The van der Waals surface area contributed by atoms with Gasteiger partial charge in [0.25, 0.3) is 0 Å². The summed E-state index contributed by atoms with van der Waals surface area (Å²) >= 11 is 5.68. The lowest BCUT2D eigenvalue weighted by molar-refractivity contribution is -0.193. The number of carboxylic acids is 2. The van der Waals surface area contributed by atoms with Gasteiger partial charge < -0.3 is 47.8 Å². The van der Waals surface area contributed by atoms with Crippen molar-refractivity contribution in [1.29, 1.82) is 0 Å². The molecule has 51 heavy (non-hydrogen) atoms. The second kappa shape index (κ2) is 19.6. The van der Waals surface area contributed by atoms with Crippen LogP contribution in [0.1, 0.15) is 41.5 Å². The molecule has 1 unspecified atom stereocenters. The van der Waals surface area contributed by atoms with E-state index in [2.05, 4.69) is 20.9 Å². The fourth-order valence-electron chi connectivity index (χ4n) is 4.67. The monoisotopic (exact) mass is 762 g/mol. The Morgan fingerprint density at radius 2 is 1.51 bits per heavy atom. The van der Waals surface area contributed by atoms with Crippen LogP contribution in [0.4, 0.5) is 36.4 Å². The fraction of sp³-hybridized carbons (Fsp3) is 0.414. The SMILES string of the molecule is CNCc1ccc2c(c1)[C@H](NC(=O)C(=O)Nc1ccc(Cl)c(F)c1)[C@@H](CN=C(N)N)[C@@H]2CCC(O)CO.O=C(O)C(F)(F)F.O=C(O)C(F)(F)F. The number of carbonyl (C=O) groups excluding carboxylic acids is 2. The van der Waals surface area contributed by atoms with Crippen LogP contribution in [-0.2, 0) is 25.7 Å². The predicted octanol–water partition coefficient (Wildman–Crippen LogP) is 2.38. The molecule has 0 fully saturated rings. The smallest absolute Gasteiger partial charge is 0.475 e. The van der Waals surface area contributed by atoms with Crippen LogP contribution in [0, 0.1) is 11.7 Å². The summed E-state index contributed by atoms with van der Waals surface area (Å²) in [6.07, 6.45) is -10.2. The molecule has 0 spiro atoms. The van der Waals surface area contributed by atoms with E-state index in [0.717, 1.165) is 22.8 Å². The number of nitrogens with zero attached hydrogens (tertiary/aromatic N) is 1. The number of fused-ring (bicyclic) bond motifs is 1. The van der Waals surface area contributed by atoms with E-state index in [-0.39, 0.29) is 41.7 Å². The molecule has 2 amide bonds. The Balaban J connectivity index is 0.000000780. The van der Waals surface area contributed by atoms with Crippen LogP contribution in [0.5, 0.6) is 0 Å². The number of amides is 2. The van der Waals surface area contributed by atoms with Crippen LogP contribution in [0.3, 0.4) is 0 Å². The summed E-state index contributed by atoms with van der Waals surface area (Å²) in [5.41, 5.74) is 14.0. The number of aliphatic imine (C=N–C) groups is 1. The predicted molar refractivity (Wildman–Crippen MR) is 167 cm³/mol. The summed E-state index contributed by atoms with van der Waals surface area (Å²) in [4.78, 5) is 47.6. The third-order valence-corrected chi connectivity index (χ3v) is 7.18. The van der Waals surface area contributed by atoms with E-state index >= 15 is 0 Å². The molecule has 0 heterocycles. The van der Waals surface area contributed by atoms with Crippen molar-refractivity contribution in [1.82, 2.24) is 10.6 Å². The highest BCUT2D eigenvalue weighted by molar-refractivity contribution is 6.39. The Morgan fingerprint density at radius 3 is 1.98 bits per heavy atom. The number of benzene rings is 2. The van der Waals surface area contributed by atoms with E-state index < -0.39 is 54.1 Å². The lowest BCUT2D eigenvalue weighted by Crippen LogP contribution is -2.40. The first-order valence-electron chi connectivity index (χ1n) is 14.3. The molecule has 11 N–H and O–H groups in total. The van der Waals surface area contributed by atoms with Gasteiger partial charge in [0.15, 0.2) is 5.96 Å². The highest BCUT2D eigenvalue weighted by Gasteiger charge is 2.42. The van der Waals surface area contributed by atoms with Crippen LogP contribution in [0.15, 0.2) is 41.4 Å². The summed E-state index contributed by atoms with van der Waals surface area (Å²) in [6, 6.07) is 8.94. The van der Waals surface area contributed by atoms with Gasteiger partial charge in [0.05, 0.1) is 23.8 Å². The molecule has 0 saturated heterocycles. The Labute approximate surface area is 289 Å². The summed E-state index contributed by atoms with van der Waals surface area (Å²) in [5.74, 6) is -8.76. The molecule has 0 aromatic heterocycles. The average molecular weight is 763 g/mol. The maximum Gasteiger partial charge on any atom is 0.490 e. The maximum atomic E-state index is 13.8. The van der Waals surface area contributed by atoms with Crippen LogP contribution in [0.25, 0.3) is 0 Å². The number of aliphatic carboxylic acids is 2. The fourth-order valence-corrected chi connectivity index (χ4v) is 4.79. The van der Waals surface area contributed by atoms with Crippen molar-refractivity contribution in [2.24, 2.45) is 22.4 Å². The number of carbonyl (C=O) groups is 4. The molecule has 0 bridgehead atoms. The molecule has 2 aromatic carbocycles. The van der Waals surface area contributed by atoms with E-state index in [0.29, 0.717) is 19.4 Å². The standard InChI is InChI=1S/C25H32ClFN6O4.2C2HF3O2/c1-30-10-13-2-5-16-17(6-4-15(35)12-34)19(11-31-25(28)29)22(18(16)8-13)33-24(37)23(36)32-14-3-7-20(26)21(27)9-14;2*3-2(4,5)1(6)7/h2-3,5,7-9,15,17,19,22,30,34-35H,4,6,10-12H2,1H3,(H,32,36)(H,33,37)(H4,28,29,31);2*(H,6,7)/t15?,17-,19+,22+;;/m1../s1. The number of carboxylic acid groups (broad SMARTS) is 2. The van der Waals surface area contributed by atoms with Gasteiger partial charge >= 0.3 is 36.1 Å². The number of nitrogens with one attached hydrogen (secondary N) is 3. The molecule has 3 rings (SSSR count). The second-order valence-electron chi connectivity index (χ2n) is 10.6. The lowest BCUT2D eigenvalue weighted by Gasteiger charge is -2.25. The van der Waals surface area contributed by atoms with Crippen LogP contribution in [0.2, 0.25) is 5.02 Å². The van der Waals surface area contributed by atoms with Gasteiger partial charge in [0, 0.05) is 24.7 Å². The molecular formula is C29H34ClF7N6O8. The minimum Gasteiger partial charge on any atom is -0.475 e. The van der Waals surface area contributed by atoms with Crippen LogP contribution >= 0.6 is 11.6 Å². The minimum atomic E-state index is -5.08. The molecule has 0 radical (unpaired) electrons. The summed E-state index contributed by atoms with van der Waals surface area (Å²) in [7, 11) is 1.82. The highest BCUT2D eigenvalue weighted by Crippen LogP contribution is 2.48. The maximum absolute atomic E-state index is 13.8. The number of rotatable bonds is 10. The van der Waals surface area contributed by atoms with Crippen LogP contribution < -0.4 is 27.4 Å². The Morgan fingerprint density at radius 1 is 0.941 bits per heavy atom. The van der Waals surface area contributed by atoms with E-state index in [1.807, 2.05) is 25.2 Å². The van der Waals surface area contributed by atoms with Gasteiger partial charge in [0.1, 0.15) is 5.82 Å². The lowest BCUT2D eigenvalue weighted by atomic mass is 9.86. The van der Waals surface area contributed by atoms with Gasteiger partial charge in [-0.25, -0.2) is 14.0 Å². The summed E-state index contributed by atoms with van der Waals surface area (Å²) in [6.45, 7) is 0.376. The van der Waals surface area contributed by atoms with Crippen molar-refractivity contribution in [2.45, 2.75) is 49.8 Å². The topological polar surface area (TPSA) is 250 Å². The quantitative estimate of drug-likeness (QED) is 0.0736. The van der Waals surface area contributed by atoms with Crippen molar-refractivity contribution < 1.29 is 70.3 Å². The third kappa shape index (κ3) is 14.6. The zero-order valence-electron chi connectivity index (χ0n) is 26.4. The minimum absolute atomic E-state index is 0.0816. The number of aliphatic hydroxyl groups is 2. The molecule has 1 aliphatic carbocycles. The zero-order valence-corrected chi connectivity index (χ0v) is 27.1. The van der Waals surface area contributed by atoms with Crippen molar-refractivity contribution in [3.05, 3.63) is 63.9 Å². The first kappa shape index (κ1) is 44.3. The molecule has 284 valence electrons. The summed E-state index contributed by atoms with van der Waals surface area (Å²) in [5, 5.41) is 41.7. The normalized spacial score (nSPS) is 17.0. The molecule has 2 aromatic rings.